The quantitative estimate of drug-likeness (QED) is 0.867. The van der Waals surface area contributed by atoms with Crippen molar-refractivity contribution in [3.05, 3.63) is 34.3 Å². The number of hydrogen-bond donors (Lipinski definition) is 1. The summed E-state index contributed by atoms with van der Waals surface area (Å²) in [4.78, 5) is 11.2. The molecule has 0 aliphatic rings. The van der Waals surface area contributed by atoms with Crippen molar-refractivity contribution in [2.24, 2.45) is 5.73 Å². The Morgan fingerprint density at radius 3 is 2.63 bits per heavy atom. The Bertz CT molecular complexity index is 463. The van der Waals surface area contributed by atoms with Crippen LogP contribution in [0.25, 0.3) is 0 Å². The molecular weight excluding hydrogens is 283 g/mol. The summed E-state index contributed by atoms with van der Waals surface area (Å²) in [7, 11) is 0. The van der Waals surface area contributed by atoms with Gasteiger partial charge in [0.1, 0.15) is 0 Å². The van der Waals surface area contributed by atoms with Gasteiger partial charge in [0.2, 0.25) is 0 Å². The minimum absolute atomic E-state index is 0.185. The first-order valence-electron chi connectivity index (χ1n) is 5.53. The highest BCUT2D eigenvalue weighted by Gasteiger charge is 2.33. The van der Waals surface area contributed by atoms with Gasteiger partial charge >= 0.3 is 12.1 Å². The second kappa shape index (κ2) is 6.25. The minimum atomic E-state index is -4.56. The van der Waals surface area contributed by atoms with Crippen molar-refractivity contribution in [1.82, 2.24) is 0 Å². The fourth-order valence-electron chi connectivity index (χ4n) is 1.51. The predicted molar refractivity (Wildman–Crippen MR) is 64.6 cm³/mol. The normalized spacial score (nSPS) is 13.2. The SMILES string of the molecule is CCOC(=O)C[C@@H](N)c1ccc(Cl)c(C(F)(F)F)c1. The van der Waals surface area contributed by atoms with Crippen LogP contribution in [0.5, 0.6) is 0 Å². The lowest BCUT2D eigenvalue weighted by Gasteiger charge is -2.15. The van der Waals surface area contributed by atoms with Gasteiger partial charge in [0.15, 0.2) is 0 Å². The van der Waals surface area contributed by atoms with E-state index in [2.05, 4.69) is 4.74 Å². The summed E-state index contributed by atoms with van der Waals surface area (Å²) in [5.74, 6) is -0.557. The van der Waals surface area contributed by atoms with Gasteiger partial charge in [0.25, 0.3) is 0 Å². The summed E-state index contributed by atoms with van der Waals surface area (Å²) < 4.78 is 42.7. The van der Waals surface area contributed by atoms with E-state index < -0.39 is 28.8 Å². The maximum atomic E-state index is 12.7. The Balaban J connectivity index is 2.93. The third kappa shape index (κ3) is 4.40. The third-order valence-corrected chi connectivity index (χ3v) is 2.75. The summed E-state index contributed by atoms with van der Waals surface area (Å²) in [5.41, 5.74) is 4.90. The van der Waals surface area contributed by atoms with Crippen LogP contribution < -0.4 is 5.73 Å². The van der Waals surface area contributed by atoms with Gasteiger partial charge < -0.3 is 10.5 Å². The molecule has 0 aromatic heterocycles. The molecule has 2 N–H and O–H groups in total. The van der Waals surface area contributed by atoms with E-state index in [1.165, 1.54) is 6.07 Å². The lowest BCUT2D eigenvalue weighted by atomic mass is 10.0. The van der Waals surface area contributed by atoms with Crippen LogP contribution >= 0.6 is 11.6 Å². The molecule has 0 fully saturated rings. The van der Waals surface area contributed by atoms with E-state index in [1.54, 1.807) is 6.92 Å². The molecule has 0 spiro atoms. The van der Waals surface area contributed by atoms with Gasteiger partial charge in [-0.2, -0.15) is 13.2 Å². The first-order valence-corrected chi connectivity index (χ1v) is 5.91. The summed E-state index contributed by atoms with van der Waals surface area (Å²) >= 11 is 5.49. The molecule has 0 unspecified atom stereocenters. The number of alkyl halides is 3. The zero-order chi connectivity index (χ0) is 14.6. The predicted octanol–water partition coefficient (Wildman–Crippen LogP) is 3.31. The molecule has 0 radical (unpaired) electrons. The second-order valence-electron chi connectivity index (χ2n) is 3.85. The number of hydrogen-bond acceptors (Lipinski definition) is 3. The van der Waals surface area contributed by atoms with Crippen LogP contribution in [-0.2, 0) is 15.7 Å². The Labute approximate surface area is 113 Å². The molecule has 1 aromatic rings. The molecule has 0 saturated heterocycles. The van der Waals surface area contributed by atoms with E-state index in [0.717, 1.165) is 12.1 Å². The molecule has 1 aromatic carbocycles. The van der Waals surface area contributed by atoms with E-state index in [4.69, 9.17) is 17.3 Å². The minimum Gasteiger partial charge on any atom is -0.466 e. The van der Waals surface area contributed by atoms with Crippen molar-refractivity contribution in [2.45, 2.75) is 25.6 Å². The standard InChI is InChI=1S/C12H13ClF3NO2/c1-2-19-11(18)6-10(17)7-3-4-9(13)8(5-7)12(14,15)16/h3-5,10H,2,6,17H2,1H3/t10-/m1/s1. The number of carbonyl (C=O) groups excluding carboxylic acids is 1. The summed E-state index contributed by atoms with van der Waals surface area (Å²) in [6.45, 7) is 1.83. The average molecular weight is 296 g/mol. The van der Waals surface area contributed by atoms with Crippen LogP contribution in [0.4, 0.5) is 13.2 Å². The molecule has 1 atom stereocenters. The van der Waals surface area contributed by atoms with Crippen molar-refractivity contribution in [2.75, 3.05) is 6.61 Å². The smallest absolute Gasteiger partial charge is 0.417 e. The molecule has 0 aliphatic heterocycles. The topological polar surface area (TPSA) is 52.3 Å². The molecule has 7 heteroatoms. The van der Waals surface area contributed by atoms with Gasteiger partial charge in [-0.25, -0.2) is 0 Å². The number of benzene rings is 1. The largest absolute Gasteiger partial charge is 0.466 e. The van der Waals surface area contributed by atoms with E-state index >= 15 is 0 Å². The highest BCUT2D eigenvalue weighted by Crippen LogP contribution is 2.36. The van der Waals surface area contributed by atoms with Crippen LogP contribution in [0, 0.1) is 0 Å². The van der Waals surface area contributed by atoms with Gasteiger partial charge in [0, 0.05) is 6.04 Å². The van der Waals surface area contributed by atoms with Gasteiger partial charge in [-0.3, -0.25) is 4.79 Å². The number of carbonyl (C=O) groups is 1. The molecule has 0 amide bonds. The lowest BCUT2D eigenvalue weighted by molar-refractivity contribution is -0.143. The molecule has 0 saturated carbocycles. The fraction of sp³-hybridized carbons (Fsp3) is 0.417. The Morgan fingerprint density at radius 1 is 1.47 bits per heavy atom. The summed E-state index contributed by atoms with van der Waals surface area (Å²) in [6.07, 6.45) is -4.75. The highest BCUT2D eigenvalue weighted by molar-refractivity contribution is 6.31. The zero-order valence-corrected chi connectivity index (χ0v) is 10.9. The maximum Gasteiger partial charge on any atom is 0.417 e. The van der Waals surface area contributed by atoms with Gasteiger partial charge in [0.05, 0.1) is 23.6 Å². The third-order valence-electron chi connectivity index (χ3n) is 2.42. The molecule has 0 bridgehead atoms. The van der Waals surface area contributed by atoms with E-state index in [9.17, 15) is 18.0 Å². The van der Waals surface area contributed by atoms with Gasteiger partial charge in [-0.15, -0.1) is 0 Å². The highest BCUT2D eigenvalue weighted by atomic mass is 35.5. The van der Waals surface area contributed by atoms with Crippen LogP contribution in [0.2, 0.25) is 5.02 Å². The number of esters is 1. The van der Waals surface area contributed by atoms with Crippen LogP contribution in [-0.4, -0.2) is 12.6 Å². The van der Waals surface area contributed by atoms with E-state index in [-0.39, 0.29) is 18.6 Å². The number of ether oxygens (including phenoxy) is 1. The first kappa shape index (κ1) is 15.8. The second-order valence-corrected chi connectivity index (χ2v) is 4.26. The molecular formula is C12H13ClF3NO2. The number of halogens is 4. The molecule has 1 rings (SSSR count). The Kier molecular flexibility index (Phi) is 5.20. The van der Waals surface area contributed by atoms with Crippen molar-refractivity contribution in [1.29, 1.82) is 0 Å². The van der Waals surface area contributed by atoms with E-state index in [1.807, 2.05) is 0 Å². The number of rotatable bonds is 4. The van der Waals surface area contributed by atoms with Crippen molar-refractivity contribution in [3.63, 3.8) is 0 Å². The monoisotopic (exact) mass is 295 g/mol. The van der Waals surface area contributed by atoms with Crippen molar-refractivity contribution in [3.8, 4) is 0 Å². The lowest BCUT2D eigenvalue weighted by Crippen LogP contribution is -2.18. The summed E-state index contributed by atoms with van der Waals surface area (Å²) in [5, 5.41) is -0.403. The fourth-order valence-corrected chi connectivity index (χ4v) is 1.73. The molecule has 106 valence electrons. The summed E-state index contributed by atoms with van der Waals surface area (Å²) in [6, 6.07) is 2.47. The van der Waals surface area contributed by atoms with Crippen LogP contribution in [0.3, 0.4) is 0 Å². The zero-order valence-electron chi connectivity index (χ0n) is 10.1. The number of nitrogens with two attached hydrogens (primary N) is 1. The average Bonchev–Trinajstić information content (AvgIpc) is 2.27. The van der Waals surface area contributed by atoms with Crippen molar-refractivity contribution >= 4 is 17.6 Å². The Hall–Kier alpha value is -1.27. The Morgan fingerprint density at radius 2 is 2.11 bits per heavy atom. The molecule has 3 nitrogen and oxygen atoms in total. The van der Waals surface area contributed by atoms with Gasteiger partial charge in [-0.1, -0.05) is 17.7 Å². The van der Waals surface area contributed by atoms with Crippen molar-refractivity contribution < 1.29 is 22.7 Å². The molecule has 0 heterocycles. The molecule has 19 heavy (non-hydrogen) atoms. The van der Waals surface area contributed by atoms with Crippen LogP contribution in [0.1, 0.15) is 30.5 Å². The maximum absolute atomic E-state index is 12.7. The van der Waals surface area contributed by atoms with E-state index in [0.29, 0.717) is 0 Å². The van der Waals surface area contributed by atoms with Crippen LogP contribution in [0.15, 0.2) is 18.2 Å². The molecule has 0 aliphatic carbocycles. The first-order chi connectivity index (χ1) is 8.75. The van der Waals surface area contributed by atoms with Gasteiger partial charge in [-0.05, 0) is 24.6 Å².